The largest absolute Gasteiger partial charge is 0.359 e. The number of para-hydroxylation sites is 1. The number of hydrogen-bond donors (Lipinski definition) is 1. The summed E-state index contributed by atoms with van der Waals surface area (Å²) in [6, 6.07) is 24.1. The van der Waals surface area contributed by atoms with Gasteiger partial charge in [0.1, 0.15) is 6.73 Å². The van der Waals surface area contributed by atoms with Crippen molar-refractivity contribution in [2.75, 3.05) is 28.7 Å². The summed E-state index contributed by atoms with van der Waals surface area (Å²) in [6.45, 7) is 2.17. The fourth-order valence-electron chi connectivity index (χ4n) is 3.91. The van der Waals surface area contributed by atoms with Gasteiger partial charge >= 0.3 is 0 Å². The van der Waals surface area contributed by atoms with Gasteiger partial charge in [0, 0.05) is 22.2 Å². The van der Waals surface area contributed by atoms with Crippen molar-refractivity contribution in [3.63, 3.8) is 0 Å². The van der Waals surface area contributed by atoms with Gasteiger partial charge in [-0.15, -0.1) is 0 Å². The fourth-order valence-corrected chi connectivity index (χ4v) is 5.14. The molecule has 1 aliphatic heterocycles. The van der Waals surface area contributed by atoms with Crippen LogP contribution in [0, 0.1) is 6.92 Å². The molecule has 1 N–H and O–H groups in total. The number of aryl methyl sites for hydroxylation is 1. The molecule has 0 radical (unpaired) electrons. The fraction of sp³-hybridized carbons (Fsp3) is 0.154. The molecule has 0 saturated carbocycles. The Balaban J connectivity index is 1.36. The number of carbonyl (C=O) groups excluding carboxylic acids is 1. The van der Waals surface area contributed by atoms with Crippen LogP contribution < -0.4 is 9.62 Å². The van der Waals surface area contributed by atoms with Crippen molar-refractivity contribution < 1.29 is 17.9 Å². The number of fused-ring (bicyclic) bond motifs is 1. The second-order valence-electron chi connectivity index (χ2n) is 8.12. The molecule has 4 aromatic rings. The van der Waals surface area contributed by atoms with Crippen LogP contribution in [-0.4, -0.2) is 38.4 Å². The number of nitrogens with zero attached hydrogens (tertiary/aromatic N) is 2. The molecule has 0 unspecified atom stereocenters. The van der Waals surface area contributed by atoms with Crippen molar-refractivity contribution in [1.29, 1.82) is 0 Å². The summed E-state index contributed by atoms with van der Waals surface area (Å²) in [5.74, 6) is -0.345. The first-order valence-corrected chi connectivity index (χ1v) is 12.5. The zero-order valence-corrected chi connectivity index (χ0v) is 19.4. The van der Waals surface area contributed by atoms with Gasteiger partial charge in [-0.2, -0.15) is 0 Å². The standard InChI is InChI=1S/C26H23N3O4S/c1-18-6-10-21(16-23(18)25-13-9-19-4-2-3-5-24(19)28-25)27-26(30)20-7-11-22(12-8-20)29-17-33-14-15-34(29,31)32/h2-13,16H,14-15,17H2,1H3,(H,27,30). The highest BCUT2D eigenvalue weighted by Gasteiger charge is 2.26. The highest BCUT2D eigenvalue weighted by atomic mass is 32.2. The van der Waals surface area contributed by atoms with Gasteiger partial charge in [-0.3, -0.25) is 4.79 Å². The third-order valence-electron chi connectivity index (χ3n) is 5.82. The van der Waals surface area contributed by atoms with Crippen LogP contribution in [0.3, 0.4) is 0 Å². The normalized spacial score (nSPS) is 15.3. The molecule has 3 aromatic carbocycles. The van der Waals surface area contributed by atoms with E-state index < -0.39 is 10.0 Å². The molecule has 0 atom stereocenters. The summed E-state index contributed by atoms with van der Waals surface area (Å²) < 4.78 is 31.0. The maximum absolute atomic E-state index is 12.9. The lowest BCUT2D eigenvalue weighted by Crippen LogP contribution is -2.41. The number of nitrogens with one attached hydrogen (secondary N) is 1. The van der Waals surface area contributed by atoms with E-state index in [9.17, 15) is 13.2 Å². The third kappa shape index (κ3) is 4.37. The minimum Gasteiger partial charge on any atom is -0.359 e. The molecule has 1 amide bonds. The van der Waals surface area contributed by atoms with E-state index in [1.165, 1.54) is 4.31 Å². The summed E-state index contributed by atoms with van der Waals surface area (Å²) in [6.07, 6.45) is 0. The van der Waals surface area contributed by atoms with Crippen molar-refractivity contribution >= 4 is 38.2 Å². The predicted molar refractivity (Wildman–Crippen MR) is 133 cm³/mol. The van der Waals surface area contributed by atoms with Gasteiger partial charge in [-0.1, -0.05) is 30.3 Å². The van der Waals surface area contributed by atoms with Gasteiger partial charge in [0.15, 0.2) is 0 Å². The van der Waals surface area contributed by atoms with E-state index in [-0.39, 0.29) is 25.0 Å². The number of anilines is 2. The van der Waals surface area contributed by atoms with Crippen molar-refractivity contribution in [2.24, 2.45) is 0 Å². The molecule has 8 heteroatoms. The van der Waals surface area contributed by atoms with Gasteiger partial charge in [-0.05, 0) is 61.0 Å². The van der Waals surface area contributed by atoms with Crippen LogP contribution in [0.1, 0.15) is 15.9 Å². The van der Waals surface area contributed by atoms with Crippen molar-refractivity contribution in [2.45, 2.75) is 6.92 Å². The molecule has 1 aromatic heterocycles. The summed E-state index contributed by atoms with van der Waals surface area (Å²) in [5, 5.41) is 3.99. The highest BCUT2D eigenvalue weighted by Crippen LogP contribution is 2.28. The molecule has 34 heavy (non-hydrogen) atoms. The second kappa shape index (κ2) is 8.89. The maximum Gasteiger partial charge on any atom is 0.255 e. The lowest BCUT2D eigenvalue weighted by atomic mass is 10.0. The van der Waals surface area contributed by atoms with E-state index in [0.717, 1.165) is 27.7 Å². The van der Waals surface area contributed by atoms with Gasteiger partial charge < -0.3 is 10.1 Å². The van der Waals surface area contributed by atoms with Crippen LogP contribution in [0.25, 0.3) is 22.2 Å². The molecular formula is C26H23N3O4S. The molecule has 1 saturated heterocycles. The Kier molecular flexibility index (Phi) is 5.77. The lowest BCUT2D eigenvalue weighted by Gasteiger charge is -2.28. The van der Waals surface area contributed by atoms with Gasteiger partial charge in [-0.25, -0.2) is 17.7 Å². The molecule has 5 rings (SSSR count). The van der Waals surface area contributed by atoms with Crippen LogP contribution in [0.2, 0.25) is 0 Å². The summed E-state index contributed by atoms with van der Waals surface area (Å²) in [7, 11) is -3.41. The first-order chi connectivity index (χ1) is 16.4. The summed E-state index contributed by atoms with van der Waals surface area (Å²) in [4.78, 5) is 17.6. The number of sulfonamides is 1. The molecule has 7 nitrogen and oxygen atoms in total. The van der Waals surface area contributed by atoms with Crippen LogP contribution in [-0.2, 0) is 14.8 Å². The Morgan fingerprint density at radius 2 is 1.79 bits per heavy atom. The van der Waals surface area contributed by atoms with E-state index >= 15 is 0 Å². The van der Waals surface area contributed by atoms with Crippen molar-refractivity contribution in [3.05, 3.63) is 90.0 Å². The SMILES string of the molecule is Cc1ccc(NC(=O)c2ccc(N3COCCS3(=O)=O)cc2)cc1-c1ccc2ccccc2n1. The average molecular weight is 474 g/mol. The molecule has 1 aliphatic rings. The zero-order chi connectivity index (χ0) is 23.7. The summed E-state index contributed by atoms with van der Waals surface area (Å²) >= 11 is 0. The Bertz CT molecular complexity index is 1480. The molecule has 0 bridgehead atoms. The van der Waals surface area contributed by atoms with E-state index in [0.29, 0.717) is 16.9 Å². The maximum atomic E-state index is 12.9. The predicted octanol–water partition coefficient (Wildman–Crippen LogP) is 4.59. The quantitative estimate of drug-likeness (QED) is 0.469. The Hall–Kier alpha value is -3.75. The Morgan fingerprint density at radius 1 is 1.00 bits per heavy atom. The minimum absolute atomic E-state index is 0.0250. The number of benzene rings is 3. The van der Waals surface area contributed by atoms with Gasteiger partial charge in [0.25, 0.3) is 5.91 Å². The van der Waals surface area contributed by atoms with Crippen LogP contribution >= 0.6 is 0 Å². The molecule has 172 valence electrons. The van der Waals surface area contributed by atoms with Gasteiger partial charge in [0.2, 0.25) is 10.0 Å². The number of amides is 1. The van der Waals surface area contributed by atoms with Gasteiger partial charge in [0.05, 0.1) is 29.3 Å². The van der Waals surface area contributed by atoms with Crippen molar-refractivity contribution in [3.8, 4) is 11.3 Å². The van der Waals surface area contributed by atoms with Crippen LogP contribution in [0.15, 0.2) is 78.9 Å². The monoisotopic (exact) mass is 473 g/mol. The molecule has 0 spiro atoms. The zero-order valence-electron chi connectivity index (χ0n) is 18.6. The molecule has 2 heterocycles. The van der Waals surface area contributed by atoms with E-state index in [1.807, 2.05) is 61.5 Å². The minimum atomic E-state index is -3.41. The van der Waals surface area contributed by atoms with Crippen LogP contribution in [0.5, 0.6) is 0 Å². The first-order valence-electron chi connectivity index (χ1n) is 10.9. The Labute approximate surface area is 198 Å². The molecular weight excluding hydrogens is 450 g/mol. The number of carbonyl (C=O) groups is 1. The Morgan fingerprint density at radius 3 is 2.59 bits per heavy atom. The van der Waals surface area contributed by atoms with Crippen molar-refractivity contribution in [1.82, 2.24) is 4.98 Å². The number of aromatic nitrogens is 1. The number of hydrogen-bond acceptors (Lipinski definition) is 5. The third-order valence-corrected chi connectivity index (χ3v) is 7.49. The summed E-state index contributed by atoms with van der Waals surface area (Å²) in [5.41, 5.74) is 5.28. The number of pyridine rings is 1. The van der Waals surface area contributed by atoms with E-state index in [4.69, 9.17) is 9.72 Å². The topological polar surface area (TPSA) is 88.6 Å². The lowest BCUT2D eigenvalue weighted by molar-refractivity contribution is 0.102. The van der Waals surface area contributed by atoms with E-state index in [2.05, 4.69) is 5.32 Å². The molecule has 0 aliphatic carbocycles. The average Bonchev–Trinajstić information content (AvgIpc) is 2.85. The van der Waals surface area contributed by atoms with E-state index in [1.54, 1.807) is 24.3 Å². The molecule has 1 fully saturated rings. The highest BCUT2D eigenvalue weighted by molar-refractivity contribution is 7.92. The number of rotatable bonds is 4. The first kappa shape index (κ1) is 22.1. The second-order valence-corrected chi connectivity index (χ2v) is 10.1. The smallest absolute Gasteiger partial charge is 0.255 e. The van der Waals surface area contributed by atoms with Crippen LogP contribution in [0.4, 0.5) is 11.4 Å². The number of ether oxygens (including phenoxy) is 1.